The Bertz CT molecular complexity index is 399. The molecule has 1 aliphatic heterocycles. The summed E-state index contributed by atoms with van der Waals surface area (Å²) in [5.74, 6) is 2.70. The molecule has 1 aliphatic rings. The Morgan fingerprint density at radius 1 is 1.42 bits per heavy atom. The Hall–Kier alpha value is -0.200. The van der Waals surface area contributed by atoms with Gasteiger partial charge >= 0.3 is 0 Å². The van der Waals surface area contributed by atoms with Crippen LogP contribution in [0.3, 0.4) is 0 Å². The van der Waals surface area contributed by atoms with E-state index in [4.69, 9.17) is 4.52 Å². The second-order valence-electron chi connectivity index (χ2n) is 5.08. The highest BCUT2D eigenvalue weighted by atomic mass is 32.2. The van der Waals surface area contributed by atoms with Crippen LogP contribution in [0.5, 0.6) is 0 Å². The van der Waals surface area contributed by atoms with Crippen molar-refractivity contribution in [3.05, 3.63) is 11.7 Å². The number of hydrogen-bond acceptors (Lipinski definition) is 6. The summed E-state index contributed by atoms with van der Waals surface area (Å²) >= 11 is 3.97. The Morgan fingerprint density at radius 2 is 2.21 bits per heavy atom. The summed E-state index contributed by atoms with van der Waals surface area (Å²) in [6, 6.07) is 0.380. The number of thioether (sulfide) groups is 2. The normalized spacial score (nSPS) is 29.4. The molecule has 19 heavy (non-hydrogen) atoms. The Morgan fingerprint density at radius 3 is 2.89 bits per heavy atom. The van der Waals surface area contributed by atoms with E-state index in [0.29, 0.717) is 21.8 Å². The van der Waals surface area contributed by atoms with E-state index < -0.39 is 0 Å². The van der Waals surface area contributed by atoms with Crippen molar-refractivity contribution in [3.63, 3.8) is 0 Å². The van der Waals surface area contributed by atoms with Gasteiger partial charge in [0.2, 0.25) is 5.89 Å². The van der Waals surface area contributed by atoms with Gasteiger partial charge in [0.15, 0.2) is 5.82 Å². The van der Waals surface area contributed by atoms with Crippen molar-refractivity contribution in [1.29, 1.82) is 0 Å². The lowest BCUT2D eigenvalue weighted by atomic mass is 10.2. The Balaban J connectivity index is 1.93. The third-order valence-electron chi connectivity index (χ3n) is 3.36. The first-order valence-corrected chi connectivity index (χ1v) is 8.92. The monoisotopic (exact) mass is 301 g/mol. The summed E-state index contributed by atoms with van der Waals surface area (Å²) in [6.45, 7) is 9.78. The Labute approximate surface area is 123 Å². The molecule has 4 unspecified atom stereocenters. The van der Waals surface area contributed by atoms with Crippen molar-refractivity contribution in [1.82, 2.24) is 15.5 Å². The maximum atomic E-state index is 5.37. The van der Waals surface area contributed by atoms with Gasteiger partial charge in [-0.15, -0.1) is 11.8 Å². The maximum Gasteiger partial charge on any atom is 0.228 e. The van der Waals surface area contributed by atoms with E-state index in [1.807, 2.05) is 23.5 Å². The molecule has 1 aromatic rings. The minimum absolute atomic E-state index is 0.378. The minimum atomic E-state index is 0.378. The SMILES string of the molecule is CCNC(C)Cc1nc(C2CSC(C)C(C)S2)no1. The van der Waals surface area contributed by atoms with Crippen LogP contribution in [0.15, 0.2) is 4.52 Å². The molecule has 0 aromatic carbocycles. The molecule has 4 nitrogen and oxygen atoms in total. The maximum absolute atomic E-state index is 5.37. The van der Waals surface area contributed by atoms with Crippen LogP contribution in [0.4, 0.5) is 0 Å². The van der Waals surface area contributed by atoms with Crippen LogP contribution in [0.25, 0.3) is 0 Å². The van der Waals surface area contributed by atoms with Gasteiger partial charge in [0.1, 0.15) is 0 Å². The van der Waals surface area contributed by atoms with Gasteiger partial charge in [-0.05, 0) is 13.5 Å². The molecule has 6 heteroatoms. The van der Waals surface area contributed by atoms with Crippen LogP contribution in [0.1, 0.15) is 44.7 Å². The van der Waals surface area contributed by atoms with Crippen LogP contribution in [-0.4, -0.2) is 39.0 Å². The van der Waals surface area contributed by atoms with E-state index in [2.05, 4.69) is 43.2 Å². The summed E-state index contributed by atoms with van der Waals surface area (Å²) in [7, 11) is 0. The van der Waals surface area contributed by atoms with Gasteiger partial charge in [0.25, 0.3) is 0 Å². The first-order chi connectivity index (χ1) is 9.10. The molecule has 2 rings (SSSR count). The molecule has 0 amide bonds. The van der Waals surface area contributed by atoms with Crippen LogP contribution in [0.2, 0.25) is 0 Å². The first-order valence-electron chi connectivity index (χ1n) is 6.93. The fraction of sp³-hybridized carbons (Fsp3) is 0.846. The molecule has 1 N–H and O–H groups in total. The van der Waals surface area contributed by atoms with Gasteiger partial charge in [0, 0.05) is 28.7 Å². The standard InChI is InChI=1S/C13H23N3OS2/c1-5-14-8(2)6-12-15-13(16-17-12)11-7-18-9(3)10(4)19-11/h8-11,14H,5-7H2,1-4H3. The number of aromatic nitrogens is 2. The highest BCUT2D eigenvalue weighted by Crippen LogP contribution is 2.43. The van der Waals surface area contributed by atoms with Crippen molar-refractivity contribution >= 4 is 23.5 Å². The largest absolute Gasteiger partial charge is 0.339 e. The second kappa shape index (κ2) is 6.99. The van der Waals surface area contributed by atoms with Crippen molar-refractivity contribution < 1.29 is 4.52 Å². The minimum Gasteiger partial charge on any atom is -0.339 e. The average molecular weight is 301 g/mol. The molecule has 0 aliphatic carbocycles. The first kappa shape index (κ1) is 15.2. The number of nitrogens with zero attached hydrogens (tertiary/aromatic N) is 2. The summed E-state index contributed by atoms with van der Waals surface area (Å²) in [6.07, 6.45) is 0.803. The quantitative estimate of drug-likeness (QED) is 0.902. The van der Waals surface area contributed by atoms with Crippen LogP contribution in [-0.2, 0) is 6.42 Å². The molecule has 0 bridgehead atoms. The molecule has 1 aromatic heterocycles. The molecule has 108 valence electrons. The van der Waals surface area contributed by atoms with Gasteiger partial charge in [0.05, 0.1) is 5.25 Å². The van der Waals surface area contributed by atoms with E-state index in [-0.39, 0.29) is 0 Å². The highest BCUT2D eigenvalue weighted by Gasteiger charge is 2.29. The van der Waals surface area contributed by atoms with Crippen LogP contribution < -0.4 is 5.32 Å². The molecular formula is C13H23N3OS2. The lowest BCUT2D eigenvalue weighted by Crippen LogP contribution is -2.27. The molecule has 1 fully saturated rings. The molecule has 0 spiro atoms. The molecule has 2 heterocycles. The number of hydrogen-bond donors (Lipinski definition) is 1. The second-order valence-corrected chi connectivity index (χ2v) is 8.07. The third-order valence-corrected chi connectivity index (χ3v) is 6.74. The van der Waals surface area contributed by atoms with Crippen molar-refractivity contribution in [3.8, 4) is 0 Å². The highest BCUT2D eigenvalue weighted by molar-refractivity contribution is 8.07. The van der Waals surface area contributed by atoms with Gasteiger partial charge in [-0.1, -0.05) is 25.9 Å². The molecule has 1 saturated heterocycles. The van der Waals surface area contributed by atoms with Gasteiger partial charge in [-0.2, -0.15) is 16.7 Å². The number of nitrogens with one attached hydrogen (secondary N) is 1. The van der Waals surface area contributed by atoms with E-state index in [1.165, 1.54) is 0 Å². The van der Waals surface area contributed by atoms with E-state index >= 15 is 0 Å². The zero-order valence-electron chi connectivity index (χ0n) is 12.0. The molecule has 0 radical (unpaired) electrons. The average Bonchev–Trinajstić information content (AvgIpc) is 2.81. The zero-order chi connectivity index (χ0) is 13.8. The van der Waals surface area contributed by atoms with Crippen molar-refractivity contribution in [2.24, 2.45) is 0 Å². The third kappa shape index (κ3) is 4.13. The lowest BCUT2D eigenvalue weighted by Gasteiger charge is -2.29. The predicted octanol–water partition coefficient (Wildman–Crippen LogP) is 2.91. The lowest BCUT2D eigenvalue weighted by molar-refractivity contribution is 0.358. The Kier molecular flexibility index (Phi) is 5.59. The number of likely N-dealkylation sites (N-methyl/N-ethyl adjacent to an activating group) is 1. The van der Waals surface area contributed by atoms with E-state index in [0.717, 1.165) is 30.4 Å². The van der Waals surface area contributed by atoms with Crippen LogP contribution >= 0.6 is 23.5 Å². The summed E-state index contributed by atoms with van der Waals surface area (Å²) < 4.78 is 5.37. The zero-order valence-corrected chi connectivity index (χ0v) is 13.7. The summed E-state index contributed by atoms with van der Waals surface area (Å²) in [5, 5.41) is 9.26. The van der Waals surface area contributed by atoms with Crippen LogP contribution in [0, 0.1) is 0 Å². The summed E-state index contributed by atoms with van der Waals surface area (Å²) in [4.78, 5) is 4.56. The summed E-state index contributed by atoms with van der Waals surface area (Å²) in [5.41, 5.74) is 0. The van der Waals surface area contributed by atoms with E-state index in [1.54, 1.807) is 0 Å². The fourth-order valence-electron chi connectivity index (χ4n) is 2.08. The number of rotatable bonds is 5. The van der Waals surface area contributed by atoms with E-state index in [9.17, 15) is 0 Å². The molecule has 0 saturated carbocycles. The predicted molar refractivity (Wildman–Crippen MR) is 82.9 cm³/mol. The van der Waals surface area contributed by atoms with Crippen molar-refractivity contribution in [2.45, 2.75) is 55.9 Å². The molecular weight excluding hydrogens is 278 g/mol. The molecule has 4 atom stereocenters. The van der Waals surface area contributed by atoms with Gasteiger partial charge in [-0.3, -0.25) is 0 Å². The van der Waals surface area contributed by atoms with Gasteiger partial charge < -0.3 is 9.84 Å². The topological polar surface area (TPSA) is 51.0 Å². The van der Waals surface area contributed by atoms with Crippen molar-refractivity contribution in [2.75, 3.05) is 12.3 Å². The van der Waals surface area contributed by atoms with Gasteiger partial charge in [-0.25, -0.2) is 0 Å². The fourth-order valence-corrected chi connectivity index (χ4v) is 4.92. The smallest absolute Gasteiger partial charge is 0.228 e.